The van der Waals surface area contributed by atoms with Crippen LogP contribution in [0.5, 0.6) is 0 Å². The number of allylic oxidation sites excluding steroid dienone is 7. The van der Waals surface area contributed by atoms with Gasteiger partial charge in [0.2, 0.25) is 5.91 Å². The highest BCUT2D eigenvalue weighted by atomic mass is 16.3. The Balaban J connectivity index is 3.89. The monoisotopic (exact) mass is 604 g/mol. The molecule has 0 aromatic rings. The van der Waals surface area contributed by atoms with Crippen molar-refractivity contribution in [3.63, 3.8) is 0 Å². The Morgan fingerprint density at radius 3 is 1.42 bits per heavy atom. The first-order chi connectivity index (χ1) is 21.1. The van der Waals surface area contributed by atoms with Crippen LogP contribution in [0.1, 0.15) is 162 Å². The molecular weight excluding hydrogens is 534 g/mol. The summed E-state index contributed by atoms with van der Waals surface area (Å²) in [4.78, 5) is 12.3. The Labute approximate surface area is 266 Å². The van der Waals surface area contributed by atoms with Crippen LogP contribution < -0.4 is 5.32 Å². The van der Waals surface area contributed by atoms with E-state index in [1.165, 1.54) is 89.9 Å². The van der Waals surface area contributed by atoms with Crippen molar-refractivity contribution in [3.8, 4) is 0 Å². The minimum atomic E-state index is -1.13. The average Bonchev–Trinajstić information content (AvgIpc) is 3.01. The summed E-state index contributed by atoms with van der Waals surface area (Å²) in [5, 5.41) is 32.8. The van der Waals surface area contributed by atoms with E-state index >= 15 is 0 Å². The molecule has 0 aliphatic carbocycles. The highest BCUT2D eigenvalue weighted by molar-refractivity contribution is 5.80. The minimum Gasteiger partial charge on any atom is -0.394 e. The van der Waals surface area contributed by atoms with E-state index in [0.29, 0.717) is 6.42 Å². The van der Waals surface area contributed by atoms with Crippen LogP contribution in [0.25, 0.3) is 0 Å². The number of nitrogens with one attached hydrogen (secondary N) is 1. The lowest BCUT2D eigenvalue weighted by Gasteiger charge is -2.21. The Morgan fingerprint density at radius 2 is 0.953 bits per heavy atom. The van der Waals surface area contributed by atoms with Gasteiger partial charge >= 0.3 is 0 Å². The van der Waals surface area contributed by atoms with Crippen molar-refractivity contribution in [3.05, 3.63) is 48.6 Å². The molecule has 0 saturated carbocycles. The van der Waals surface area contributed by atoms with Gasteiger partial charge in [-0.15, -0.1) is 0 Å². The average molecular weight is 604 g/mol. The van der Waals surface area contributed by atoms with Crippen LogP contribution in [0.3, 0.4) is 0 Å². The fraction of sp³-hybridized carbons (Fsp3) is 0.763. The maximum atomic E-state index is 12.3. The zero-order chi connectivity index (χ0) is 31.6. The van der Waals surface area contributed by atoms with E-state index in [1.807, 2.05) is 6.08 Å². The van der Waals surface area contributed by atoms with Crippen LogP contribution in [0.2, 0.25) is 0 Å². The molecule has 0 aromatic heterocycles. The first-order valence-corrected chi connectivity index (χ1v) is 18.0. The van der Waals surface area contributed by atoms with E-state index in [-0.39, 0.29) is 6.61 Å². The van der Waals surface area contributed by atoms with Crippen molar-refractivity contribution < 1.29 is 20.1 Å². The van der Waals surface area contributed by atoms with E-state index in [2.05, 4.69) is 55.6 Å². The summed E-state index contributed by atoms with van der Waals surface area (Å²) in [6.07, 6.45) is 41.2. The van der Waals surface area contributed by atoms with Crippen molar-refractivity contribution >= 4 is 5.91 Å². The van der Waals surface area contributed by atoms with Gasteiger partial charge < -0.3 is 20.6 Å². The number of carbonyl (C=O) groups excluding carboxylic acids is 1. The second kappa shape index (κ2) is 33.2. The molecule has 5 nitrogen and oxygen atoms in total. The number of carbonyl (C=O) groups is 1. The van der Waals surface area contributed by atoms with Gasteiger partial charge in [0, 0.05) is 0 Å². The zero-order valence-corrected chi connectivity index (χ0v) is 28.1. The third kappa shape index (κ3) is 28.8. The molecule has 5 heteroatoms. The summed E-state index contributed by atoms with van der Waals surface area (Å²) in [5.74, 6) is -0.537. The zero-order valence-electron chi connectivity index (χ0n) is 28.1. The topological polar surface area (TPSA) is 89.8 Å². The number of unbranched alkanes of at least 4 members (excludes halogenated alkanes) is 17. The Hall–Kier alpha value is -1.69. The first-order valence-electron chi connectivity index (χ1n) is 18.0. The molecule has 0 aromatic carbocycles. The SMILES string of the molecule is CCCCCCCC/C=C\CCCCC(O)C(=O)NC(CO)C(O)/C=C/CC/C=C/CC/C=C/CCCCCCCCC. The predicted octanol–water partition coefficient (Wildman–Crippen LogP) is 9.42. The molecule has 43 heavy (non-hydrogen) atoms. The lowest BCUT2D eigenvalue weighted by Crippen LogP contribution is -2.48. The summed E-state index contributed by atoms with van der Waals surface area (Å²) in [6, 6.07) is -0.827. The largest absolute Gasteiger partial charge is 0.394 e. The molecule has 1 amide bonds. The third-order valence-corrected chi connectivity index (χ3v) is 7.87. The molecule has 0 spiro atoms. The predicted molar refractivity (Wildman–Crippen MR) is 185 cm³/mol. The molecule has 0 bridgehead atoms. The van der Waals surface area contributed by atoms with Crippen LogP contribution in [-0.2, 0) is 4.79 Å². The number of hydrogen-bond acceptors (Lipinski definition) is 4. The highest BCUT2D eigenvalue weighted by Crippen LogP contribution is 2.11. The Morgan fingerprint density at radius 1 is 0.558 bits per heavy atom. The molecule has 0 aliphatic heterocycles. The molecule has 0 heterocycles. The van der Waals surface area contributed by atoms with E-state index in [1.54, 1.807) is 6.08 Å². The highest BCUT2D eigenvalue weighted by Gasteiger charge is 2.22. The van der Waals surface area contributed by atoms with Crippen molar-refractivity contribution in [1.29, 1.82) is 0 Å². The molecule has 3 atom stereocenters. The van der Waals surface area contributed by atoms with Crippen molar-refractivity contribution in [2.75, 3.05) is 6.61 Å². The summed E-state index contributed by atoms with van der Waals surface area (Å²) in [7, 11) is 0. The number of aliphatic hydroxyl groups is 3. The number of rotatable bonds is 31. The minimum absolute atomic E-state index is 0.377. The van der Waals surface area contributed by atoms with Crippen LogP contribution >= 0.6 is 0 Å². The van der Waals surface area contributed by atoms with Gasteiger partial charge in [-0.2, -0.15) is 0 Å². The molecule has 4 N–H and O–H groups in total. The van der Waals surface area contributed by atoms with Crippen LogP contribution in [0.15, 0.2) is 48.6 Å². The van der Waals surface area contributed by atoms with Gasteiger partial charge in [-0.1, -0.05) is 140 Å². The normalized spacial score (nSPS) is 14.4. The fourth-order valence-electron chi connectivity index (χ4n) is 4.97. The molecule has 3 unspecified atom stereocenters. The standard InChI is InChI=1S/C38H69NO4/c1-3-5-7-9-11-13-15-17-18-19-20-21-23-24-26-28-30-32-36(41)35(34-40)39-38(43)37(42)33-31-29-27-25-22-16-14-12-10-8-6-4-2/h18-19,22-25,30,32,35-37,40-42H,3-17,20-21,26-29,31,33-34H2,1-2H3,(H,39,43)/b19-18+,24-23+,25-22-,32-30+. The van der Waals surface area contributed by atoms with Crippen molar-refractivity contribution in [2.24, 2.45) is 0 Å². The smallest absolute Gasteiger partial charge is 0.249 e. The van der Waals surface area contributed by atoms with Crippen LogP contribution in [-0.4, -0.2) is 46.1 Å². The van der Waals surface area contributed by atoms with E-state index < -0.39 is 24.2 Å². The number of aliphatic hydroxyl groups excluding tert-OH is 3. The van der Waals surface area contributed by atoms with E-state index in [0.717, 1.165) is 51.4 Å². The Bertz CT molecular complexity index is 715. The number of hydrogen-bond donors (Lipinski definition) is 4. The second-order valence-electron chi connectivity index (χ2n) is 12.1. The fourth-order valence-corrected chi connectivity index (χ4v) is 4.97. The second-order valence-corrected chi connectivity index (χ2v) is 12.1. The van der Waals surface area contributed by atoms with E-state index in [9.17, 15) is 20.1 Å². The molecule has 0 radical (unpaired) electrons. The van der Waals surface area contributed by atoms with E-state index in [4.69, 9.17) is 0 Å². The third-order valence-electron chi connectivity index (χ3n) is 7.87. The summed E-state index contributed by atoms with van der Waals surface area (Å²) < 4.78 is 0. The van der Waals surface area contributed by atoms with Crippen LogP contribution in [0, 0.1) is 0 Å². The number of amides is 1. The maximum Gasteiger partial charge on any atom is 0.249 e. The van der Waals surface area contributed by atoms with Gasteiger partial charge in [0.15, 0.2) is 0 Å². The molecular formula is C38H69NO4. The molecule has 0 aliphatic rings. The lowest BCUT2D eigenvalue weighted by molar-refractivity contribution is -0.131. The summed E-state index contributed by atoms with van der Waals surface area (Å²) >= 11 is 0. The molecule has 250 valence electrons. The van der Waals surface area contributed by atoms with Gasteiger partial charge in [0.05, 0.1) is 18.8 Å². The lowest BCUT2D eigenvalue weighted by atomic mass is 10.1. The summed E-state index contributed by atoms with van der Waals surface area (Å²) in [5.41, 5.74) is 0. The van der Waals surface area contributed by atoms with Gasteiger partial charge in [-0.05, 0) is 70.6 Å². The van der Waals surface area contributed by atoms with Crippen LogP contribution in [0.4, 0.5) is 0 Å². The van der Waals surface area contributed by atoms with Gasteiger partial charge in [-0.25, -0.2) is 0 Å². The first kappa shape index (κ1) is 41.3. The Kier molecular flexibility index (Phi) is 31.9. The van der Waals surface area contributed by atoms with Gasteiger partial charge in [0.25, 0.3) is 0 Å². The van der Waals surface area contributed by atoms with Crippen molar-refractivity contribution in [2.45, 2.75) is 180 Å². The maximum absolute atomic E-state index is 12.3. The van der Waals surface area contributed by atoms with Gasteiger partial charge in [-0.3, -0.25) is 4.79 Å². The summed E-state index contributed by atoms with van der Waals surface area (Å²) in [6.45, 7) is 4.11. The molecule has 0 saturated heterocycles. The molecule has 0 fully saturated rings. The molecule has 0 rings (SSSR count). The quantitative estimate of drug-likeness (QED) is 0.0469. The van der Waals surface area contributed by atoms with Crippen molar-refractivity contribution in [1.82, 2.24) is 5.32 Å². The van der Waals surface area contributed by atoms with Gasteiger partial charge in [0.1, 0.15) is 6.10 Å².